The van der Waals surface area contributed by atoms with Crippen molar-refractivity contribution < 1.29 is 26.4 Å². The lowest BCUT2D eigenvalue weighted by molar-refractivity contribution is -0.144. The second-order valence-corrected chi connectivity index (χ2v) is 8.80. The molecule has 10 heteroatoms. The standard InChI is InChI=1S/C12H16ClNO6S2/c1-8(12(15)20-2)7-14-22(18,19)11-6-9(21(3,16)17)4-5-10(11)13/h4-6,8,14H,7H2,1-3H3/t8-/m1/s1. The average Bonchev–Trinajstić information content (AvgIpc) is 2.42. The number of carbonyl (C=O) groups is 1. The molecule has 22 heavy (non-hydrogen) atoms. The molecule has 0 aliphatic rings. The fourth-order valence-electron chi connectivity index (χ4n) is 1.52. The first-order valence-electron chi connectivity index (χ1n) is 6.06. The zero-order valence-corrected chi connectivity index (χ0v) is 14.5. The molecule has 0 aliphatic heterocycles. The van der Waals surface area contributed by atoms with Crippen molar-refractivity contribution in [1.29, 1.82) is 0 Å². The number of hydrogen-bond donors (Lipinski definition) is 1. The molecule has 0 heterocycles. The maximum absolute atomic E-state index is 12.2. The van der Waals surface area contributed by atoms with Crippen molar-refractivity contribution in [3.63, 3.8) is 0 Å². The minimum atomic E-state index is -4.06. The predicted molar refractivity (Wildman–Crippen MR) is 80.9 cm³/mol. The van der Waals surface area contributed by atoms with Crippen LogP contribution in [-0.2, 0) is 29.4 Å². The quantitative estimate of drug-likeness (QED) is 0.744. The number of nitrogens with one attached hydrogen (secondary N) is 1. The van der Waals surface area contributed by atoms with Gasteiger partial charge in [0.15, 0.2) is 9.84 Å². The highest BCUT2D eigenvalue weighted by atomic mass is 35.5. The Morgan fingerprint density at radius 1 is 1.32 bits per heavy atom. The van der Waals surface area contributed by atoms with E-state index in [1.54, 1.807) is 0 Å². The molecule has 0 aliphatic carbocycles. The van der Waals surface area contributed by atoms with E-state index in [9.17, 15) is 21.6 Å². The monoisotopic (exact) mass is 369 g/mol. The molecule has 0 amide bonds. The maximum atomic E-state index is 12.2. The molecule has 1 atom stereocenters. The van der Waals surface area contributed by atoms with Crippen LogP contribution >= 0.6 is 11.6 Å². The lowest BCUT2D eigenvalue weighted by Gasteiger charge is -2.12. The van der Waals surface area contributed by atoms with Gasteiger partial charge >= 0.3 is 5.97 Å². The van der Waals surface area contributed by atoms with Gasteiger partial charge in [0.1, 0.15) is 4.90 Å². The Hall–Kier alpha value is -1.16. The number of sulfonamides is 1. The lowest BCUT2D eigenvalue weighted by Crippen LogP contribution is -2.32. The summed E-state index contributed by atoms with van der Waals surface area (Å²) < 4.78 is 54.1. The number of halogens is 1. The summed E-state index contributed by atoms with van der Waals surface area (Å²) in [5.41, 5.74) is 0. The van der Waals surface area contributed by atoms with Crippen molar-refractivity contribution in [2.75, 3.05) is 19.9 Å². The molecule has 0 fully saturated rings. The molecule has 124 valence electrons. The largest absolute Gasteiger partial charge is 0.469 e. The molecule has 7 nitrogen and oxygen atoms in total. The van der Waals surface area contributed by atoms with Crippen molar-refractivity contribution in [2.24, 2.45) is 5.92 Å². The summed E-state index contributed by atoms with van der Waals surface area (Å²) in [4.78, 5) is 10.7. The lowest BCUT2D eigenvalue weighted by atomic mass is 10.2. The number of rotatable bonds is 6. The number of sulfone groups is 1. The van der Waals surface area contributed by atoms with E-state index in [0.29, 0.717) is 0 Å². The second-order valence-electron chi connectivity index (χ2n) is 4.64. The summed E-state index contributed by atoms with van der Waals surface area (Å²) in [7, 11) is -6.45. The third-order valence-electron chi connectivity index (χ3n) is 2.80. The van der Waals surface area contributed by atoms with Crippen molar-refractivity contribution in [3.8, 4) is 0 Å². The number of carbonyl (C=O) groups excluding carboxylic acids is 1. The first-order valence-corrected chi connectivity index (χ1v) is 9.81. The summed E-state index contributed by atoms with van der Waals surface area (Å²) >= 11 is 5.83. The van der Waals surface area contributed by atoms with Gasteiger partial charge in [-0.1, -0.05) is 18.5 Å². The molecule has 1 N–H and O–H groups in total. The van der Waals surface area contributed by atoms with Crippen LogP contribution in [0.4, 0.5) is 0 Å². The van der Waals surface area contributed by atoms with E-state index in [1.165, 1.54) is 26.2 Å². The van der Waals surface area contributed by atoms with E-state index in [2.05, 4.69) is 9.46 Å². The topological polar surface area (TPSA) is 107 Å². The van der Waals surface area contributed by atoms with Gasteiger partial charge in [0.2, 0.25) is 10.0 Å². The molecule has 0 saturated heterocycles. The minimum absolute atomic E-state index is 0.120. The average molecular weight is 370 g/mol. The van der Waals surface area contributed by atoms with Crippen LogP contribution in [0.2, 0.25) is 5.02 Å². The van der Waals surface area contributed by atoms with E-state index >= 15 is 0 Å². The molecular weight excluding hydrogens is 354 g/mol. The molecule has 0 unspecified atom stereocenters. The smallest absolute Gasteiger partial charge is 0.309 e. The molecule has 0 bridgehead atoms. The molecule has 0 aromatic heterocycles. The van der Waals surface area contributed by atoms with Gasteiger partial charge in [-0.2, -0.15) is 0 Å². The van der Waals surface area contributed by atoms with Gasteiger partial charge in [-0.05, 0) is 18.2 Å². The van der Waals surface area contributed by atoms with Crippen molar-refractivity contribution >= 4 is 37.4 Å². The van der Waals surface area contributed by atoms with Gasteiger partial charge in [0.05, 0.1) is 22.9 Å². The van der Waals surface area contributed by atoms with Gasteiger partial charge in [-0.3, -0.25) is 4.79 Å². The number of esters is 1. The van der Waals surface area contributed by atoms with Gasteiger partial charge in [-0.15, -0.1) is 0 Å². The molecular formula is C12H16ClNO6S2. The Balaban J connectivity index is 3.10. The van der Waals surface area contributed by atoms with Crippen LogP contribution < -0.4 is 4.72 Å². The summed E-state index contributed by atoms with van der Waals surface area (Å²) in [5.74, 6) is -1.27. The highest BCUT2D eigenvalue weighted by Gasteiger charge is 2.23. The fraction of sp³-hybridized carbons (Fsp3) is 0.417. The molecule has 1 aromatic rings. The molecule has 0 spiro atoms. The van der Waals surface area contributed by atoms with Crippen LogP contribution in [0.1, 0.15) is 6.92 Å². The molecule has 0 radical (unpaired) electrons. The fourth-order valence-corrected chi connectivity index (χ4v) is 3.89. The number of methoxy groups -OCH3 is 1. The Morgan fingerprint density at radius 2 is 1.91 bits per heavy atom. The Bertz CT molecular complexity index is 773. The van der Waals surface area contributed by atoms with Crippen LogP contribution in [0.3, 0.4) is 0 Å². The normalized spacial score (nSPS) is 13.6. The zero-order valence-electron chi connectivity index (χ0n) is 12.2. The van der Waals surface area contributed by atoms with Crippen molar-refractivity contribution in [1.82, 2.24) is 4.72 Å². The van der Waals surface area contributed by atoms with Crippen LogP contribution in [0.5, 0.6) is 0 Å². The summed E-state index contributed by atoms with van der Waals surface area (Å²) in [5, 5.41) is -0.120. The van der Waals surface area contributed by atoms with Gasteiger partial charge in [0, 0.05) is 12.8 Å². The molecule has 1 aromatic carbocycles. The highest BCUT2D eigenvalue weighted by Crippen LogP contribution is 2.24. The van der Waals surface area contributed by atoms with Crippen molar-refractivity contribution in [3.05, 3.63) is 23.2 Å². The van der Waals surface area contributed by atoms with E-state index in [4.69, 9.17) is 11.6 Å². The summed E-state index contributed by atoms with van der Waals surface area (Å²) in [6, 6.07) is 3.38. The van der Waals surface area contributed by atoms with Gasteiger partial charge in [-0.25, -0.2) is 21.6 Å². The Kier molecular flexibility index (Phi) is 5.96. The minimum Gasteiger partial charge on any atom is -0.469 e. The molecule has 1 rings (SSSR count). The Morgan fingerprint density at radius 3 is 2.41 bits per heavy atom. The van der Waals surface area contributed by atoms with E-state index < -0.39 is 31.7 Å². The first kappa shape index (κ1) is 18.9. The summed E-state index contributed by atoms with van der Waals surface area (Å²) in [6.07, 6.45) is 0.958. The molecule has 0 saturated carbocycles. The number of ether oxygens (including phenoxy) is 1. The van der Waals surface area contributed by atoms with Crippen LogP contribution in [0, 0.1) is 5.92 Å². The van der Waals surface area contributed by atoms with E-state index in [-0.39, 0.29) is 21.4 Å². The highest BCUT2D eigenvalue weighted by molar-refractivity contribution is 7.91. The van der Waals surface area contributed by atoms with Crippen LogP contribution in [-0.4, -0.2) is 42.7 Å². The second kappa shape index (κ2) is 6.95. The number of hydrogen-bond acceptors (Lipinski definition) is 6. The predicted octanol–water partition coefficient (Wildman–Crippen LogP) is 0.831. The van der Waals surface area contributed by atoms with Crippen LogP contribution in [0.25, 0.3) is 0 Å². The first-order chi connectivity index (χ1) is 9.99. The third-order valence-corrected chi connectivity index (χ3v) is 5.82. The van der Waals surface area contributed by atoms with Gasteiger partial charge < -0.3 is 4.74 Å². The van der Waals surface area contributed by atoms with Gasteiger partial charge in [0.25, 0.3) is 0 Å². The maximum Gasteiger partial charge on any atom is 0.309 e. The zero-order chi connectivity index (χ0) is 17.1. The van der Waals surface area contributed by atoms with E-state index in [1.807, 2.05) is 0 Å². The van der Waals surface area contributed by atoms with Crippen LogP contribution in [0.15, 0.2) is 28.0 Å². The van der Waals surface area contributed by atoms with Crippen molar-refractivity contribution in [2.45, 2.75) is 16.7 Å². The SMILES string of the molecule is COC(=O)[C@H](C)CNS(=O)(=O)c1cc(S(C)(=O)=O)ccc1Cl. The Labute approximate surface area is 134 Å². The van der Waals surface area contributed by atoms with E-state index in [0.717, 1.165) is 12.3 Å². The number of benzene rings is 1. The third kappa shape index (κ3) is 4.67. The summed E-state index contributed by atoms with van der Waals surface area (Å²) in [6.45, 7) is 1.29.